The zero-order valence-corrected chi connectivity index (χ0v) is 18.9. The minimum absolute atomic E-state index is 0.221. The van der Waals surface area contributed by atoms with Crippen LogP contribution in [0.3, 0.4) is 0 Å². The van der Waals surface area contributed by atoms with Gasteiger partial charge >= 0.3 is 0 Å². The molecule has 3 heterocycles. The summed E-state index contributed by atoms with van der Waals surface area (Å²) >= 11 is 0. The van der Waals surface area contributed by atoms with Crippen molar-refractivity contribution >= 4 is 22.6 Å². The number of ether oxygens (including phenoxy) is 3. The number of aromatic nitrogens is 2. The van der Waals surface area contributed by atoms with Gasteiger partial charge in [0.15, 0.2) is 11.5 Å². The van der Waals surface area contributed by atoms with Crippen LogP contribution in [0.4, 0.5) is 5.82 Å². The van der Waals surface area contributed by atoms with Crippen molar-refractivity contribution in [2.75, 3.05) is 39.3 Å². The molecule has 1 aromatic carbocycles. The molecule has 2 N–H and O–H groups in total. The van der Waals surface area contributed by atoms with Crippen LogP contribution in [0.15, 0.2) is 30.5 Å². The molecule has 170 valence electrons. The first-order valence-electron chi connectivity index (χ1n) is 10.9. The van der Waals surface area contributed by atoms with E-state index < -0.39 is 0 Å². The van der Waals surface area contributed by atoms with Crippen molar-refractivity contribution in [3.63, 3.8) is 0 Å². The average molecular weight is 439 g/mol. The Morgan fingerprint density at radius 2 is 1.78 bits per heavy atom. The predicted molar refractivity (Wildman–Crippen MR) is 124 cm³/mol. The molecule has 3 aromatic rings. The molecule has 2 aromatic heterocycles. The molecule has 0 saturated carbocycles. The number of carbonyl (C=O) groups is 1. The van der Waals surface area contributed by atoms with Crippen LogP contribution < -0.4 is 24.4 Å². The zero-order chi connectivity index (χ0) is 22.5. The Kier molecular flexibility index (Phi) is 6.68. The van der Waals surface area contributed by atoms with Crippen LogP contribution in [0.25, 0.3) is 10.9 Å². The molecule has 0 spiro atoms. The lowest BCUT2D eigenvalue weighted by molar-refractivity contribution is 0.0946. The first-order valence-corrected chi connectivity index (χ1v) is 10.9. The van der Waals surface area contributed by atoms with Crippen LogP contribution >= 0.6 is 0 Å². The van der Waals surface area contributed by atoms with E-state index in [1.807, 2.05) is 18.3 Å². The van der Waals surface area contributed by atoms with E-state index in [0.717, 1.165) is 29.9 Å². The van der Waals surface area contributed by atoms with Crippen LogP contribution in [0.2, 0.25) is 0 Å². The van der Waals surface area contributed by atoms with Crippen LogP contribution in [0.1, 0.15) is 41.7 Å². The van der Waals surface area contributed by atoms with Gasteiger partial charge in [0.1, 0.15) is 17.3 Å². The molecule has 1 saturated heterocycles. The fourth-order valence-corrected chi connectivity index (χ4v) is 4.14. The highest BCUT2D eigenvalue weighted by atomic mass is 16.5. The molecular weight excluding hydrogens is 408 g/mol. The summed E-state index contributed by atoms with van der Waals surface area (Å²) in [6, 6.07) is 7.56. The van der Waals surface area contributed by atoms with Crippen molar-refractivity contribution in [3.05, 3.63) is 41.7 Å². The number of methoxy groups -OCH3 is 3. The molecule has 0 unspecified atom stereocenters. The lowest BCUT2D eigenvalue weighted by Gasteiger charge is -2.21. The van der Waals surface area contributed by atoms with Gasteiger partial charge in [0.25, 0.3) is 5.91 Å². The second-order valence-corrected chi connectivity index (χ2v) is 7.89. The Balaban J connectivity index is 1.47. The molecule has 8 heteroatoms. The fraction of sp³-hybridized carbons (Fsp3) is 0.417. The van der Waals surface area contributed by atoms with Crippen molar-refractivity contribution in [2.24, 2.45) is 0 Å². The highest BCUT2D eigenvalue weighted by Crippen LogP contribution is 2.41. The average Bonchev–Trinajstić information content (AvgIpc) is 3.09. The van der Waals surface area contributed by atoms with Gasteiger partial charge in [-0.2, -0.15) is 0 Å². The van der Waals surface area contributed by atoms with Crippen molar-refractivity contribution in [2.45, 2.75) is 32.2 Å². The van der Waals surface area contributed by atoms with Crippen LogP contribution in [-0.4, -0.2) is 50.3 Å². The molecule has 0 aliphatic carbocycles. The van der Waals surface area contributed by atoms with Gasteiger partial charge in [-0.3, -0.25) is 4.79 Å². The third kappa shape index (κ3) is 4.44. The number of pyridine rings is 1. The van der Waals surface area contributed by atoms with Crippen LogP contribution in [-0.2, 0) is 6.54 Å². The molecule has 4 rings (SSSR count). The van der Waals surface area contributed by atoms with E-state index in [1.165, 1.54) is 25.7 Å². The molecule has 1 aliphatic heterocycles. The standard InChI is InChI=1S/C24H30N4O4/c1-30-19-13-20(31-2)23(32-3)22-17(19)12-18(27-22)24(29)26-15-16-8-9-21(25-14-16)28-10-6-4-5-7-11-28/h8-9,12-14,27H,4-7,10-11,15H2,1-3H3,(H,26,29). The van der Waals surface area contributed by atoms with Crippen molar-refractivity contribution in [1.29, 1.82) is 0 Å². The normalized spacial score (nSPS) is 14.2. The van der Waals surface area contributed by atoms with Gasteiger partial charge in [-0.1, -0.05) is 18.9 Å². The van der Waals surface area contributed by atoms with Gasteiger partial charge in [-0.25, -0.2) is 4.98 Å². The number of rotatable bonds is 7. The van der Waals surface area contributed by atoms with E-state index >= 15 is 0 Å². The monoisotopic (exact) mass is 438 g/mol. The van der Waals surface area contributed by atoms with E-state index in [9.17, 15) is 4.79 Å². The number of nitrogens with zero attached hydrogens (tertiary/aromatic N) is 2. The van der Waals surface area contributed by atoms with Crippen LogP contribution in [0, 0.1) is 0 Å². The summed E-state index contributed by atoms with van der Waals surface area (Å²) in [5, 5.41) is 3.70. The third-order valence-electron chi connectivity index (χ3n) is 5.88. The maximum Gasteiger partial charge on any atom is 0.268 e. The van der Waals surface area contributed by atoms with Gasteiger partial charge in [0.05, 0.1) is 26.8 Å². The third-order valence-corrected chi connectivity index (χ3v) is 5.88. The maximum atomic E-state index is 12.8. The van der Waals surface area contributed by atoms with Crippen LogP contribution in [0.5, 0.6) is 17.2 Å². The lowest BCUT2D eigenvalue weighted by atomic mass is 10.2. The van der Waals surface area contributed by atoms with E-state index in [1.54, 1.807) is 33.5 Å². The molecule has 1 amide bonds. The summed E-state index contributed by atoms with van der Waals surface area (Å²) in [7, 11) is 4.70. The molecule has 1 aliphatic rings. The Morgan fingerprint density at radius 1 is 1.03 bits per heavy atom. The number of H-pyrrole nitrogens is 1. The van der Waals surface area contributed by atoms with Gasteiger partial charge in [0, 0.05) is 37.3 Å². The van der Waals surface area contributed by atoms with Crippen molar-refractivity contribution in [3.8, 4) is 17.2 Å². The van der Waals surface area contributed by atoms with Crippen molar-refractivity contribution in [1.82, 2.24) is 15.3 Å². The summed E-state index contributed by atoms with van der Waals surface area (Å²) in [5.41, 5.74) is 2.01. The Labute approximate surface area is 187 Å². The quantitative estimate of drug-likeness (QED) is 0.582. The highest BCUT2D eigenvalue weighted by Gasteiger charge is 2.19. The molecule has 1 fully saturated rings. The number of aromatic amines is 1. The summed E-state index contributed by atoms with van der Waals surface area (Å²) < 4.78 is 16.3. The van der Waals surface area contributed by atoms with E-state index in [2.05, 4.69) is 20.2 Å². The Bertz CT molecular complexity index is 1070. The first kappa shape index (κ1) is 21.8. The second-order valence-electron chi connectivity index (χ2n) is 7.89. The predicted octanol–water partition coefficient (Wildman–Crippen LogP) is 3.90. The number of amides is 1. The minimum Gasteiger partial charge on any atom is -0.496 e. The number of hydrogen-bond donors (Lipinski definition) is 2. The van der Waals surface area contributed by atoms with E-state index in [0.29, 0.717) is 35.0 Å². The van der Waals surface area contributed by atoms with Gasteiger partial charge < -0.3 is 29.4 Å². The molecular formula is C24H30N4O4. The fourth-order valence-electron chi connectivity index (χ4n) is 4.14. The number of anilines is 1. The molecule has 32 heavy (non-hydrogen) atoms. The number of hydrogen-bond acceptors (Lipinski definition) is 6. The highest BCUT2D eigenvalue weighted by molar-refractivity contribution is 6.02. The summed E-state index contributed by atoms with van der Waals surface area (Å²) in [6.45, 7) is 2.50. The van der Waals surface area contributed by atoms with Crippen molar-refractivity contribution < 1.29 is 19.0 Å². The Hall–Kier alpha value is -3.42. The number of benzene rings is 1. The van der Waals surface area contributed by atoms with Gasteiger partial charge in [0.2, 0.25) is 0 Å². The zero-order valence-electron chi connectivity index (χ0n) is 18.9. The molecule has 0 bridgehead atoms. The molecule has 0 radical (unpaired) electrons. The topological polar surface area (TPSA) is 88.7 Å². The van der Waals surface area contributed by atoms with Gasteiger partial charge in [-0.15, -0.1) is 0 Å². The first-order chi connectivity index (χ1) is 15.6. The molecule has 8 nitrogen and oxygen atoms in total. The number of fused-ring (bicyclic) bond motifs is 1. The largest absolute Gasteiger partial charge is 0.496 e. The lowest BCUT2D eigenvalue weighted by Crippen LogP contribution is -2.25. The van der Waals surface area contributed by atoms with Gasteiger partial charge in [-0.05, 0) is 30.5 Å². The van der Waals surface area contributed by atoms with E-state index in [4.69, 9.17) is 14.2 Å². The second kappa shape index (κ2) is 9.80. The summed E-state index contributed by atoms with van der Waals surface area (Å²) in [4.78, 5) is 22.9. The molecule has 0 atom stereocenters. The Morgan fingerprint density at radius 3 is 2.41 bits per heavy atom. The SMILES string of the molecule is COc1cc(OC)c2cc(C(=O)NCc3ccc(N4CCCCCC4)nc3)[nH]c2c1OC. The van der Waals surface area contributed by atoms with E-state index in [-0.39, 0.29) is 5.91 Å². The summed E-state index contributed by atoms with van der Waals surface area (Å²) in [6.07, 6.45) is 6.84. The maximum absolute atomic E-state index is 12.8. The number of nitrogens with one attached hydrogen (secondary N) is 2. The number of carbonyl (C=O) groups excluding carboxylic acids is 1. The minimum atomic E-state index is -0.221. The smallest absolute Gasteiger partial charge is 0.268 e. The summed E-state index contributed by atoms with van der Waals surface area (Å²) in [5.74, 6) is 2.43.